The molecule has 0 spiro atoms. The Labute approximate surface area is 455 Å². The molecule has 392 valence electrons. The predicted octanol–water partition coefficient (Wildman–Crippen LogP) is 15.5. The Kier molecular flexibility index (Phi) is 12.9. The summed E-state index contributed by atoms with van der Waals surface area (Å²) in [7, 11) is 3.27. The monoisotopic (exact) mass is 1030 g/mol. The summed E-state index contributed by atoms with van der Waals surface area (Å²) in [5, 5.41) is 4.27. The zero-order valence-electron chi connectivity index (χ0n) is 45.7. The van der Waals surface area contributed by atoms with E-state index in [-0.39, 0.29) is 35.6 Å². The molecule has 2 amide bonds. The molecular weight excluding hydrogens is 973 g/mol. The normalized spacial score (nSPS) is 18.3. The summed E-state index contributed by atoms with van der Waals surface area (Å²) in [6.45, 7) is 16.5. The van der Waals surface area contributed by atoms with Crippen molar-refractivity contribution in [1.29, 1.82) is 0 Å². The Morgan fingerprint density at radius 1 is 0.436 bits per heavy atom. The molecule has 10 nitrogen and oxygen atoms in total. The van der Waals surface area contributed by atoms with Gasteiger partial charge in [-0.15, -0.1) is 0 Å². The van der Waals surface area contributed by atoms with Gasteiger partial charge in [-0.25, -0.2) is 9.59 Å². The number of nitrogens with zero attached hydrogens (tertiary/aromatic N) is 2. The highest BCUT2D eigenvalue weighted by Gasteiger charge is 2.41. The number of benzene rings is 8. The molecule has 0 bridgehead atoms. The maximum atomic E-state index is 13.6. The smallest absolute Gasteiger partial charge is 0.414 e. The molecular formula is C68H62N2O8. The Balaban J connectivity index is 0.000000165. The van der Waals surface area contributed by atoms with E-state index in [1.54, 1.807) is 24.0 Å². The molecule has 0 saturated heterocycles. The first kappa shape index (κ1) is 51.4. The maximum absolute atomic E-state index is 13.6. The number of carbonyl (C=O) groups excluding carboxylic acids is 4. The van der Waals surface area contributed by atoms with Gasteiger partial charge in [-0.2, -0.15) is 0 Å². The fraction of sp³-hybridized carbons (Fsp3) is 0.235. The van der Waals surface area contributed by atoms with Gasteiger partial charge in [0.25, 0.3) is 0 Å². The topological polar surface area (TPSA) is 112 Å². The molecule has 0 fully saturated rings. The summed E-state index contributed by atoms with van der Waals surface area (Å²) in [4.78, 5) is 57.7. The van der Waals surface area contributed by atoms with Crippen molar-refractivity contribution in [2.75, 3.05) is 37.1 Å². The highest BCUT2D eigenvalue weighted by molar-refractivity contribution is 6.25. The summed E-state index contributed by atoms with van der Waals surface area (Å²) in [6, 6.07) is 51.5. The molecule has 2 heterocycles. The highest BCUT2D eigenvalue weighted by atomic mass is 16.6. The fourth-order valence-electron chi connectivity index (χ4n) is 11.7. The number of amides is 2. The van der Waals surface area contributed by atoms with Gasteiger partial charge in [-0.05, 0) is 156 Å². The van der Waals surface area contributed by atoms with Crippen LogP contribution in [0.5, 0.6) is 11.5 Å². The van der Waals surface area contributed by atoms with Gasteiger partial charge in [-0.1, -0.05) is 123 Å². The first-order chi connectivity index (χ1) is 37.3. The van der Waals surface area contributed by atoms with E-state index in [4.69, 9.17) is 18.9 Å². The van der Waals surface area contributed by atoms with Crippen LogP contribution >= 0.6 is 0 Å². The molecule has 0 saturated carbocycles. The average molecular weight is 1040 g/mol. The quantitative estimate of drug-likeness (QED) is 0.168. The Hall–Kier alpha value is -8.76. The average Bonchev–Trinajstić information content (AvgIpc) is 3.61. The molecule has 0 unspecified atom stereocenters. The van der Waals surface area contributed by atoms with Gasteiger partial charge in [0, 0.05) is 58.3 Å². The fourth-order valence-corrected chi connectivity index (χ4v) is 11.7. The lowest BCUT2D eigenvalue weighted by Gasteiger charge is -2.38. The molecule has 0 N–H and O–H groups in total. The van der Waals surface area contributed by atoms with Crippen molar-refractivity contribution < 1.29 is 38.1 Å². The largest absolute Gasteiger partial charge is 0.497 e. The zero-order valence-corrected chi connectivity index (χ0v) is 45.7. The van der Waals surface area contributed by atoms with Crippen LogP contribution in [0.4, 0.5) is 21.0 Å². The van der Waals surface area contributed by atoms with E-state index in [9.17, 15) is 19.2 Å². The third-order valence-corrected chi connectivity index (χ3v) is 15.0. The van der Waals surface area contributed by atoms with Crippen molar-refractivity contribution in [2.24, 2.45) is 11.8 Å². The number of ketones is 2. The Morgan fingerprint density at radius 2 is 0.782 bits per heavy atom. The minimum absolute atomic E-state index is 0.00425. The SMILES string of the molecule is COc1ccc2c(c1)/C(=C1/c3c(ccc4ccccc34)N(C(=O)OC(C)(C)C)C[C@H]1C)c1ccccc1C2=O.COc1ccc2c(c1)/C(=C1/c3c(ccc4ccccc34)N(C(=O)OC(C)(C)C)C[C@H]1C)c1ccccc1C2=O. The molecule has 0 aromatic heterocycles. The lowest BCUT2D eigenvalue weighted by Crippen LogP contribution is -2.42. The number of ether oxygens (including phenoxy) is 4. The second-order valence-electron chi connectivity index (χ2n) is 22.5. The summed E-state index contributed by atoms with van der Waals surface area (Å²) >= 11 is 0. The van der Waals surface area contributed by atoms with Crippen LogP contribution in [-0.4, -0.2) is 62.3 Å². The predicted molar refractivity (Wildman–Crippen MR) is 311 cm³/mol. The second kappa shape index (κ2) is 19.7. The van der Waals surface area contributed by atoms with Gasteiger partial charge >= 0.3 is 12.2 Å². The summed E-state index contributed by atoms with van der Waals surface area (Å²) in [5.41, 5.74) is 12.8. The van der Waals surface area contributed by atoms with Gasteiger partial charge in [0.15, 0.2) is 11.6 Å². The van der Waals surface area contributed by atoms with Crippen molar-refractivity contribution in [3.63, 3.8) is 0 Å². The minimum atomic E-state index is -0.617. The molecule has 10 heteroatoms. The third kappa shape index (κ3) is 8.98. The van der Waals surface area contributed by atoms with Crippen LogP contribution in [0.1, 0.15) is 121 Å². The third-order valence-electron chi connectivity index (χ3n) is 15.0. The molecule has 8 aromatic rings. The lowest BCUT2D eigenvalue weighted by atomic mass is 9.73. The van der Waals surface area contributed by atoms with Crippen LogP contribution in [0.25, 0.3) is 43.8 Å². The van der Waals surface area contributed by atoms with E-state index in [1.165, 1.54) is 0 Å². The number of carbonyl (C=O) groups is 4. The van der Waals surface area contributed by atoms with Crippen molar-refractivity contribution in [1.82, 2.24) is 0 Å². The van der Waals surface area contributed by atoms with Gasteiger partial charge in [0.05, 0.1) is 25.6 Å². The summed E-state index contributed by atoms with van der Waals surface area (Å²) < 4.78 is 22.9. The molecule has 8 aromatic carbocycles. The van der Waals surface area contributed by atoms with Crippen LogP contribution in [0.15, 0.2) is 158 Å². The van der Waals surface area contributed by atoms with E-state index in [0.717, 1.165) is 88.6 Å². The lowest BCUT2D eigenvalue weighted by molar-refractivity contribution is 0.0565. The van der Waals surface area contributed by atoms with Crippen LogP contribution in [0, 0.1) is 11.8 Å². The first-order valence-electron chi connectivity index (χ1n) is 26.5. The van der Waals surface area contributed by atoms with Crippen molar-refractivity contribution in [3.05, 3.63) is 213 Å². The van der Waals surface area contributed by atoms with Crippen molar-refractivity contribution >= 4 is 79.0 Å². The number of hydrogen-bond acceptors (Lipinski definition) is 8. The van der Waals surface area contributed by atoms with E-state index >= 15 is 0 Å². The van der Waals surface area contributed by atoms with Crippen LogP contribution in [0.2, 0.25) is 0 Å². The summed E-state index contributed by atoms with van der Waals surface area (Å²) in [5.74, 6) is 1.29. The van der Waals surface area contributed by atoms with E-state index in [1.807, 2.05) is 163 Å². The summed E-state index contributed by atoms with van der Waals surface area (Å²) in [6.07, 6.45) is -0.729. The Morgan fingerprint density at radius 3 is 1.15 bits per heavy atom. The molecule has 2 aliphatic heterocycles. The van der Waals surface area contributed by atoms with Crippen molar-refractivity contribution in [2.45, 2.75) is 66.6 Å². The van der Waals surface area contributed by atoms with Crippen LogP contribution in [0.3, 0.4) is 0 Å². The van der Waals surface area contributed by atoms with E-state index in [0.29, 0.717) is 46.8 Å². The first-order valence-corrected chi connectivity index (χ1v) is 26.5. The molecule has 2 atom stereocenters. The molecule has 2 aliphatic carbocycles. The number of anilines is 2. The van der Waals surface area contributed by atoms with E-state index in [2.05, 4.69) is 50.2 Å². The van der Waals surface area contributed by atoms with Crippen molar-refractivity contribution in [3.8, 4) is 11.5 Å². The maximum Gasteiger partial charge on any atom is 0.414 e. The number of rotatable bonds is 2. The van der Waals surface area contributed by atoms with Gasteiger partial charge in [0.2, 0.25) is 0 Å². The number of methoxy groups -OCH3 is 2. The van der Waals surface area contributed by atoms with Gasteiger partial charge < -0.3 is 18.9 Å². The molecule has 12 rings (SSSR count). The van der Waals surface area contributed by atoms with Gasteiger partial charge in [-0.3, -0.25) is 19.4 Å². The zero-order chi connectivity index (χ0) is 54.9. The van der Waals surface area contributed by atoms with Crippen LogP contribution < -0.4 is 19.3 Å². The van der Waals surface area contributed by atoms with E-state index < -0.39 is 11.2 Å². The minimum Gasteiger partial charge on any atom is -0.497 e. The highest BCUT2D eigenvalue weighted by Crippen LogP contribution is 2.53. The number of fused-ring (bicyclic) bond motifs is 10. The standard InChI is InChI=1S/2C34H31NO4/c2*1-20-19-35(33(37)39-34(2,3)4)28-17-14-21-10-6-7-11-23(21)31(28)29(20)30-24-12-8-9-13-25(24)32(36)26-16-15-22(38-5)18-27(26)30/h2*6-18,20H,19H2,1-5H3/b2*30-29+/t2*20-/m11/s1. The second-order valence-corrected chi connectivity index (χ2v) is 22.5. The van der Waals surface area contributed by atoms with Gasteiger partial charge in [0.1, 0.15) is 22.7 Å². The Bertz CT molecular complexity index is 3640. The molecule has 4 aliphatic rings. The van der Waals surface area contributed by atoms with Crippen LogP contribution in [-0.2, 0) is 9.47 Å². The molecule has 0 radical (unpaired) electrons. The number of hydrogen-bond donors (Lipinski definition) is 0. The molecule has 78 heavy (non-hydrogen) atoms.